The van der Waals surface area contributed by atoms with Gasteiger partial charge < -0.3 is 15.1 Å². The van der Waals surface area contributed by atoms with Crippen molar-refractivity contribution in [1.29, 1.82) is 0 Å². The van der Waals surface area contributed by atoms with Gasteiger partial charge in [0.25, 0.3) is 10.0 Å². The fourth-order valence-corrected chi connectivity index (χ4v) is 7.51. The van der Waals surface area contributed by atoms with Crippen molar-refractivity contribution < 1.29 is 18.6 Å². The summed E-state index contributed by atoms with van der Waals surface area (Å²) in [7, 11) is -3.96. The molecule has 1 fully saturated rings. The summed E-state index contributed by atoms with van der Waals surface area (Å²) in [4.78, 5) is 14.1. The molecular weight excluding hydrogens is 627 g/mol. The number of anilines is 1. The highest BCUT2D eigenvalue weighted by atomic mass is 32.2. The Balaban J connectivity index is 1.24. The van der Waals surface area contributed by atoms with Crippen LogP contribution in [0.2, 0.25) is 0 Å². The van der Waals surface area contributed by atoms with Crippen molar-refractivity contribution in [3.63, 3.8) is 0 Å². The maximum absolute atomic E-state index is 13.9. The Bertz CT molecular complexity index is 2170. The van der Waals surface area contributed by atoms with Gasteiger partial charge in [0.1, 0.15) is 11.6 Å². The lowest BCUT2D eigenvalue weighted by atomic mass is 10.1. The second-order valence-electron chi connectivity index (χ2n) is 12.4. The molecule has 12 heteroatoms. The summed E-state index contributed by atoms with van der Waals surface area (Å²) < 4.78 is 30.9. The van der Waals surface area contributed by atoms with Crippen LogP contribution in [0.25, 0.3) is 33.3 Å². The number of phenols is 1. The van der Waals surface area contributed by atoms with Crippen molar-refractivity contribution in [2.75, 3.05) is 37.6 Å². The first-order valence-electron chi connectivity index (χ1n) is 15.9. The molecule has 246 valence electrons. The number of fused-ring (bicyclic) bond motifs is 1. The molecule has 6 aromatic rings. The van der Waals surface area contributed by atoms with Gasteiger partial charge in [-0.1, -0.05) is 29.8 Å². The zero-order valence-corrected chi connectivity index (χ0v) is 27.6. The van der Waals surface area contributed by atoms with Crippen LogP contribution in [0.15, 0.2) is 103 Å². The van der Waals surface area contributed by atoms with Crippen LogP contribution in [0.5, 0.6) is 5.75 Å². The average Bonchev–Trinajstić information content (AvgIpc) is 3.70. The van der Waals surface area contributed by atoms with E-state index in [1.807, 2.05) is 50.5 Å². The zero-order chi connectivity index (χ0) is 33.4. The number of aromatic nitrogens is 5. The molecule has 0 spiro atoms. The topological polar surface area (TPSA) is 130 Å². The fourth-order valence-electron chi connectivity index (χ4n) is 6.18. The lowest BCUT2D eigenvalue weighted by Crippen LogP contribution is -2.48. The minimum absolute atomic E-state index is 0.175. The number of aromatic hydroxyl groups is 1. The molecule has 5 heterocycles. The van der Waals surface area contributed by atoms with Gasteiger partial charge in [0, 0.05) is 85.2 Å². The summed E-state index contributed by atoms with van der Waals surface area (Å²) in [5.41, 5.74) is 5.25. The minimum Gasteiger partial charge on any atom is -0.508 e. The van der Waals surface area contributed by atoms with Gasteiger partial charge in [-0.2, -0.15) is 5.10 Å². The Labute approximate surface area is 279 Å². The second-order valence-corrected chi connectivity index (χ2v) is 14.2. The first-order valence-corrected chi connectivity index (χ1v) is 17.3. The number of benzene rings is 2. The first kappa shape index (κ1) is 31.6. The molecule has 1 atom stereocenters. The van der Waals surface area contributed by atoms with Crippen molar-refractivity contribution in [2.45, 2.75) is 31.4 Å². The van der Waals surface area contributed by atoms with E-state index < -0.39 is 10.0 Å². The summed E-state index contributed by atoms with van der Waals surface area (Å²) in [6.45, 7) is 8.23. The molecular formula is C36H37N7O4S. The number of phenolic OH excluding ortho intramolecular Hbond substituents is 1. The van der Waals surface area contributed by atoms with E-state index in [9.17, 15) is 18.6 Å². The van der Waals surface area contributed by atoms with Crippen LogP contribution in [0.4, 0.5) is 5.82 Å². The van der Waals surface area contributed by atoms with Crippen LogP contribution >= 0.6 is 0 Å². The van der Waals surface area contributed by atoms with E-state index >= 15 is 0 Å². The first-order chi connectivity index (χ1) is 23.1. The number of aliphatic hydroxyl groups excluding tert-OH is 1. The molecule has 48 heavy (non-hydrogen) atoms. The number of hydrogen-bond acceptors (Lipinski definition) is 9. The van der Waals surface area contributed by atoms with E-state index in [0.717, 1.165) is 59.8 Å². The summed E-state index contributed by atoms with van der Waals surface area (Å²) >= 11 is 0. The van der Waals surface area contributed by atoms with E-state index in [4.69, 9.17) is 9.97 Å². The van der Waals surface area contributed by atoms with Gasteiger partial charge in [0.2, 0.25) is 0 Å². The van der Waals surface area contributed by atoms with Crippen LogP contribution < -0.4 is 4.90 Å². The molecule has 7 rings (SSSR count). The van der Waals surface area contributed by atoms with Gasteiger partial charge in [0.15, 0.2) is 5.65 Å². The molecule has 1 unspecified atom stereocenters. The predicted octanol–water partition coefficient (Wildman–Crippen LogP) is 4.76. The van der Waals surface area contributed by atoms with Crippen molar-refractivity contribution in [2.24, 2.45) is 0 Å². The van der Waals surface area contributed by atoms with Gasteiger partial charge >= 0.3 is 0 Å². The highest BCUT2D eigenvalue weighted by molar-refractivity contribution is 7.90. The van der Waals surface area contributed by atoms with Crippen molar-refractivity contribution in [1.82, 2.24) is 28.6 Å². The SMILES string of the molecule is Cc1ccc(S(=O)(=O)n2cc(-c3cnn(Cc4cccc(O)c4)c3)c3cc(-c4ccc(N5CCN(CC(C)O)CC5)nc4)cnc32)cc1. The molecule has 1 aliphatic rings. The van der Waals surface area contributed by atoms with E-state index in [0.29, 0.717) is 29.7 Å². The van der Waals surface area contributed by atoms with Gasteiger partial charge in [0.05, 0.1) is 23.7 Å². The normalized spacial score (nSPS) is 14.9. The molecule has 0 radical (unpaired) electrons. The summed E-state index contributed by atoms with van der Waals surface area (Å²) in [6, 6.07) is 19.8. The van der Waals surface area contributed by atoms with Gasteiger partial charge in [-0.05, 0) is 61.9 Å². The smallest absolute Gasteiger partial charge is 0.269 e. The van der Waals surface area contributed by atoms with Crippen molar-refractivity contribution in [3.05, 3.63) is 109 Å². The molecule has 0 aliphatic carbocycles. The van der Waals surface area contributed by atoms with Crippen LogP contribution in [0.3, 0.4) is 0 Å². The summed E-state index contributed by atoms with van der Waals surface area (Å²) in [5, 5.41) is 24.8. The lowest BCUT2D eigenvalue weighted by molar-refractivity contribution is 0.122. The summed E-state index contributed by atoms with van der Waals surface area (Å²) in [5.74, 6) is 1.07. The number of β-amino-alcohol motifs (C(OH)–C–C–N with tert-alkyl or cyclic N) is 1. The lowest BCUT2D eigenvalue weighted by Gasteiger charge is -2.35. The van der Waals surface area contributed by atoms with E-state index in [1.165, 1.54) is 3.97 Å². The van der Waals surface area contributed by atoms with Crippen LogP contribution in [-0.2, 0) is 16.6 Å². The molecule has 11 nitrogen and oxygen atoms in total. The van der Waals surface area contributed by atoms with Crippen molar-refractivity contribution >= 4 is 26.9 Å². The predicted molar refractivity (Wildman–Crippen MR) is 185 cm³/mol. The molecule has 4 aromatic heterocycles. The molecule has 1 aliphatic heterocycles. The van der Waals surface area contributed by atoms with Crippen LogP contribution in [-0.4, -0.2) is 86.1 Å². The number of aryl methyl sites for hydroxylation is 1. The maximum Gasteiger partial charge on any atom is 0.269 e. The van der Waals surface area contributed by atoms with E-state index in [2.05, 4.69) is 14.9 Å². The number of hydrogen-bond donors (Lipinski definition) is 2. The zero-order valence-electron chi connectivity index (χ0n) is 26.8. The monoisotopic (exact) mass is 663 g/mol. The third kappa shape index (κ3) is 6.42. The second kappa shape index (κ2) is 12.9. The number of nitrogens with zero attached hydrogens (tertiary/aromatic N) is 7. The quantitative estimate of drug-likeness (QED) is 0.225. The highest BCUT2D eigenvalue weighted by Crippen LogP contribution is 2.35. The highest BCUT2D eigenvalue weighted by Gasteiger charge is 2.24. The number of piperazine rings is 1. The van der Waals surface area contributed by atoms with Gasteiger partial charge in [-0.3, -0.25) is 9.58 Å². The average molecular weight is 664 g/mol. The largest absolute Gasteiger partial charge is 0.508 e. The van der Waals surface area contributed by atoms with Crippen LogP contribution in [0.1, 0.15) is 18.1 Å². The molecule has 2 N–H and O–H groups in total. The van der Waals surface area contributed by atoms with Gasteiger partial charge in [-0.15, -0.1) is 0 Å². The molecule has 2 aromatic carbocycles. The maximum atomic E-state index is 13.9. The van der Waals surface area contributed by atoms with E-state index in [1.54, 1.807) is 65.7 Å². The summed E-state index contributed by atoms with van der Waals surface area (Å²) in [6.07, 6.45) is 8.36. The third-order valence-electron chi connectivity index (χ3n) is 8.69. The van der Waals surface area contributed by atoms with Crippen molar-refractivity contribution in [3.8, 4) is 28.0 Å². The van der Waals surface area contributed by atoms with Gasteiger partial charge in [-0.25, -0.2) is 22.4 Å². The number of rotatable bonds is 9. The Morgan fingerprint density at radius 2 is 1.62 bits per heavy atom. The Morgan fingerprint density at radius 1 is 0.854 bits per heavy atom. The Morgan fingerprint density at radius 3 is 2.33 bits per heavy atom. The number of aliphatic hydroxyl groups is 1. The molecule has 0 amide bonds. The minimum atomic E-state index is -3.96. The molecule has 0 bridgehead atoms. The van der Waals surface area contributed by atoms with E-state index in [-0.39, 0.29) is 16.7 Å². The fraction of sp³-hybridized carbons (Fsp3) is 0.250. The molecule has 1 saturated heterocycles. The Hall–Kier alpha value is -5.04. The third-order valence-corrected chi connectivity index (χ3v) is 10.4. The molecule has 0 saturated carbocycles. The number of pyridine rings is 2. The van der Waals surface area contributed by atoms with Crippen LogP contribution in [0, 0.1) is 6.92 Å². The Kier molecular flexibility index (Phi) is 8.46. The standard InChI is InChI=1S/C36H37N7O4S/c1-25-6-9-32(10-7-25)48(46,47)43-24-34(30-20-39-42(23-30)22-27-4-3-5-31(45)16-27)33-17-29(19-38-36(33)43)28-8-11-35(37-18-28)41-14-12-40(13-15-41)21-26(2)44/h3-11,16-20,23-24,26,44-45H,12-15,21-22H2,1-2H3.